The number of alkyl halides is 3. The normalized spacial score (nSPS) is 13.6. The number of hydrogen-bond donors (Lipinski definition) is 0. The molecule has 4 aromatic rings. The Balaban J connectivity index is 1.30. The van der Waals surface area contributed by atoms with Crippen molar-refractivity contribution in [2.75, 3.05) is 19.7 Å². The van der Waals surface area contributed by atoms with E-state index in [0.717, 1.165) is 17.8 Å². The molecule has 1 aliphatic heterocycles. The van der Waals surface area contributed by atoms with Gasteiger partial charge in [0.2, 0.25) is 0 Å². The molecular weight excluding hydrogens is 514 g/mol. The summed E-state index contributed by atoms with van der Waals surface area (Å²) in [6.07, 6.45) is -1.35. The van der Waals surface area contributed by atoms with E-state index in [1.165, 1.54) is 27.2 Å². The van der Waals surface area contributed by atoms with Gasteiger partial charge in [-0.05, 0) is 37.3 Å². The van der Waals surface area contributed by atoms with Gasteiger partial charge in [-0.1, -0.05) is 0 Å². The number of benzene rings is 1. The highest BCUT2D eigenvalue weighted by Crippen LogP contribution is 2.37. The SMILES string of the molecule is Cc1cn(-c2ccc3n(c2=O)CCN(CCOc2ccc(F)cc2-c2csc(C(F)(F)F)n2)C3=O)cn1. The first-order valence-corrected chi connectivity index (χ1v) is 12.0. The standard InChI is InChI=1S/C24H19F4N5O3S/c1-14-11-32(13-29-14)18-3-4-19-21(34)31(6-7-33(19)22(18)35)8-9-36-20-5-2-15(25)10-16(20)17-12-37-23(30-17)24(26,27)28/h2-5,10-13H,6-9H2,1H3. The summed E-state index contributed by atoms with van der Waals surface area (Å²) in [5, 5.41) is 0.143. The predicted molar refractivity (Wildman–Crippen MR) is 126 cm³/mol. The first-order valence-electron chi connectivity index (χ1n) is 11.1. The number of rotatable bonds is 6. The van der Waals surface area contributed by atoms with Crippen LogP contribution in [0.4, 0.5) is 17.6 Å². The fourth-order valence-electron chi connectivity index (χ4n) is 4.04. The van der Waals surface area contributed by atoms with E-state index in [1.807, 2.05) is 6.92 Å². The van der Waals surface area contributed by atoms with E-state index in [4.69, 9.17) is 4.74 Å². The molecule has 5 rings (SSSR count). The maximum atomic E-state index is 13.9. The molecule has 1 aliphatic rings. The minimum atomic E-state index is -4.61. The Bertz CT molecular complexity index is 1540. The van der Waals surface area contributed by atoms with E-state index >= 15 is 0 Å². The van der Waals surface area contributed by atoms with E-state index in [9.17, 15) is 27.2 Å². The Morgan fingerprint density at radius 1 is 1.14 bits per heavy atom. The summed E-state index contributed by atoms with van der Waals surface area (Å²) in [7, 11) is 0. The zero-order valence-corrected chi connectivity index (χ0v) is 20.1. The smallest absolute Gasteiger partial charge is 0.443 e. The van der Waals surface area contributed by atoms with E-state index in [1.54, 1.807) is 22.9 Å². The Morgan fingerprint density at radius 3 is 2.65 bits per heavy atom. The second kappa shape index (κ2) is 9.47. The third-order valence-corrected chi connectivity index (χ3v) is 6.71. The van der Waals surface area contributed by atoms with Gasteiger partial charge in [0.05, 0.1) is 24.3 Å². The van der Waals surface area contributed by atoms with Crippen LogP contribution in [0, 0.1) is 12.7 Å². The van der Waals surface area contributed by atoms with Crippen LogP contribution in [0.1, 0.15) is 21.2 Å². The van der Waals surface area contributed by atoms with Gasteiger partial charge in [-0.3, -0.25) is 9.59 Å². The van der Waals surface area contributed by atoms with Crippen LogP contribution in [-0.4, -0.2) is 49.6 Å². The van der Waals surface area contributed by atoms with Crippen molar-refractivity contribution in [1.82, 2.24) is 24.0 Å². The van der Waals surface area contributed by atoms with Crippen molar-refractivity contribution in [3.8, 4) is 22.7 Å². The summed E-state index contributed by atoms with van der Waals surface area (Å²) < 4.78 is 61.5. The van der Waals surface area contributed by atoms with Crippen molar-refractivity contribution in [3.63, 3.8) is 0 Å². The van der Waals surface area contributed by atoms with Gasteiger partial charge in [0.25, 0.3) is 11.5 Å². The van der Waals surface area contributed by atoms with Crippen LogP contribution in [-0.2, 0) is 12.7 Å². The van der Waals surface area contributed by atoms with Crippen LogP contribution in [0.25, 0.3) is 16.9 Å². The molecule has 0 saturated carbocycles. The number of pyridine rings is 1. The largest absolute Gasteiger partial charge is 0.491 e. The molecule has 0 saturated heterocycles. The molecular formula is C24H19F4N5O3S. The lowest BCUT2D eigenvalue weighted by Crippen LogP contribution is -2.46. The van der Waals surface area contributed by atoms with Crippen LogP contribution in [0.5, 0.6) is 5.75 Å². The first kappa shape index (κ1) is 24.7. The topological polar surface area (TPSA) is 82.3 Å². The molecule has 0 spiro atoms. The molecule has 192 valence electrons. The second-order valence-corrected chi connectivity index (χ2v) is 9.16. The van der Waals surface area contributed by atoms with Crippen molar-refractivity contribution >= 4 is 17.2 Å². The monoisotopic (exact) mass is 533 g/mol. The van der Waals surface area contributed by atoms with E-state index in [-0.39, 0.29) is 60.4 Å². The lowest BCUT2D eigenvalue weighted by Gasteiger charge is -2.29. The first-order chi connectivity index (χ1) is 17.6. The predicted octanol–water partition coefficient (Wildman–Crippen LogP) is 4.16. The van der Waals surface area contributed by atoms with Crippen LogP contribution in [0.15, 0.2) is 53.0 Å². The molecule has 0 aliphatic carbocycles. The number of thiazole rings is 1. The summed E-state index contributed by atoms with van der Waals surface area (Å²) in [5.41, 5.74) is 1.09. The summed E-state index contributed by atoms with van der Waals surface area (Å²) in [5.74, 6) is -0.863. The van der Waals surface area contributed by atoms with Gasteiger partial charge in [-0.15, -0.1) is 11.3 Å². The Kier molecular flexibility index (Phi) is 6.31. The van der Waals surface area contributed by atoms with E-state index in [0.29, 0.717) is 17.0 Å². The molecule has 0 radical (unpaired) electrons. The number of ether oxygens (including phenoxy) is 1. The number of fused-ring (bicyclic) bond motifs is 1. The molecule has 1 aromatic carbocycles. The molecule has 0 fully saturated rings. The number of aryl methyl sites for hydroxylation is 1. The highest BCUT2D eigenvalue weighted by molar-refractivity contribution is 7.10. The van der Waals surface area contributed by atoms with Crippen molar-refractivity contribution in [2.24, 2.45) is 0 Å². The molecule has 13 heteroatoms. The number of nitrogens with zero attached hydrogens (tertiary/aromatic N) is 5. The lowest BCUT2D eigenvalue weighted by molar-refractivity contribution is -0.137. The molecule has 0 bridgehead atoms. The van der Waals surface area contributed by atoms with E-state index < -0.39 is 17.0 Å². The Labute approximate surface area is 211 Å². The molecule has 0 unspecified atom stereocenters. The number of amides is 1. The highest BCUT2D eigenvalue weighted by atomic mass is 32.1. The minimum Gasteiger partial charge on any atom is -0.491 e. The molecule has 4 heterocycles. The van der Waals surface area contributed by atoms with Gasteiger partial charge in [-0.2, -0.15) is 13.2 Å². The third-order valence-electron chi connectivity index (χ3n) is 5.83. The van der Waals surface area contributed by atoms with Crippen LogP contribution in [0.3, 0.4) is 0 Å². The molecule has 0 atom stereocenters. The fraction of sp³-hybridized carbons (Fsp3) is 0.250. The molecule has 3 aromatic heterocycles. The molecule has 1 amide bonds. The average Bonchev–Trinajstić information content (AvgIpc) is 3.51. The quantitative estimate of drug-likeness (QED) is 0.348. The van der Waals surface area contributed by atoms with Gasteiger partial charge in [0.1, 0.15) is 29.6 Å². The summed E-state index contributed by atoms with van der Waals surface area (Å²) in [4.78, 5) is 35.2. The molecule has 37 heavy (non-hydrogen) atoms. The zero-order valence-electron chi connectivity index (χ0n) is 19.3. The zero-order chi connectivity index (χ0) is 26.3. The second-order valence-electron chi connectivity index (χ2n) is 8.30. The Hall–Kier alpha value is -4.00. The number of hydrogen-bond acceptors (Lipinski definition) is 6. The number of aromatic nitrogens is 4. The number of imidazole rings is 1. The van der Waals surface area contributed by atoms with Crippen molar-refractivity contribution in [3.05, 3.63) is 80.8 Å². The van der Waals surface area contributed by atoms with Crippen LogP contribution in [0.2, 0.25) is 0 Å². The molecule has 0 N–H and O–H groups in total. The minimum absolute atomic E-state index is 0.00271. The summed E-state index contributed by atoms with van der Waals surface area (Å²) in [6.45, 7) is 2.50. The maximum Gasteiger partial charge on any atom is 0.443 e. The molecule has 8 nitrogen and oxygen atoms in total. The van der Waals surface area contributed by atoms with Crippen molar-refractivity contribution in [1.29, 1.82) is 0 Å². The average molecular weight is 534 g/mol. The van der Waals surface area contributed by atoms with Crippen molar-refractivity contribution in [2.45, 2.75) is 19.6 Å². The van der Waals surface area contributed by atoms with E-state index in [2.05, 4.69) is 9.97 Å². The van der Waals surface area contributed by atoms with Crippen molar-refractivity contribution < 1.29 is 27.1 Å². The Morgan fingerprint density at radius 2 is 1.95 bits per heavy atom. The van der Waals surface area contributed by atoms with Crippen LogP contribution < -0.4 is 10.3 Å². The van der Waals surface area contributed by atoms with Gasteiger partial charge >= 0.3 is 6.18 Å². The number of carbonyl (C=O) groups excluding carboxylic acids is 1. The maximum absolute atomic E-state index is 13.9. The lowest BCUT2D eigenvalue weighted by atomic mass is 10.1. The number of halogens is 4. The van der Waals surface area contributed by atoms with Gasteiger partial charge in [0.15, 0.2) is 5.01 Å². The summed E-state index contributed by atoms with van der Waals surface area (Å²) >= 11 is 0.408. The van der Waals surface area contributed by atoms with Gasteiger partial charge < -0.3 is 18.8 Å². The highest BCUT2D eigenvalue weighted by Gasteiger charge is 2.35. The van der Waals surface area contributed by atoms with Gasteiger partial charge in [-0.25, -0.2) is 14.4 Å². The number of carbonyl (C=O) groups is 1. The fourth-order valence-corrected chi connectivity index (χ4v) is 4.73. The third kappa shape index (κ3) is 4.86. The van der Waals surface area contributed by atoms with Crippen LogP contribution >= 0.6 is 11.3 Å². The van der Waals surface area contributed by atoms with Gasteiger partial charge in [0, 0.05) is 30.2 Å². The summed E-state index contributed by atoms with van der Waals surface area (Å²) in [6, 6.07) is 6.65.